The van der Waals surface area contributed by atoms with E-state index in [2.05, 4.69) is 49.2 Å². The third-order valence-corrected chi connectivity index (χ3v) is 4.84. The summed E-state index contributed by atoms with van der Waals surface area (Å²) in [6.45, 7) is 4.73. The number of aryl methyl sites for hydroxylation is 2. The third kappa shape index (κ3) is 4.25. The Morgan fingerprint density at radius 3 is 2.43 bits per heavy atom. The zero-order valence-corrected chi connectivity index (χ0v) is 16.7. The van der Waals surface area contributed by atoms with Gasteiger partial charge in [-0.05, 0) is 53.3 Å². The SMILES string of the molecule is Cc1cccc(C)c1-c1cccc(COc2ccc(Cn3oc(=O)[nH]c3=O)cn2)c1. The Morgan fingerprint density at radius 1 is 1.00 bits per heavy atom. The second kappa shape index (κ2) is 8.24. The Labute approximate surface area is 172 Å². The number of aromatic nitrogens is 3. The fraction of sp³-hybridized carbons (Fsp3) is 0.174. The monoisotopic (exact) mass is 403 g/mol. The average Bonchev–Trinajstić information content (AvgIpc) is 3.04. The third-order valence-electron chi connectivity index (χ3n) is 4.84. The van der Waals surface area contributed by atoms with Crippen molar-refractivity contribution < 1.29 is 9.26 Å². The van der Waals surface area contributed by atoms with Gasteiger partial charge in [-0.2, -0.15) is 0 Å². The molecule has 0 unspecified atom stereocenters. The van der Waals surface area contributed by atoms with Gasteiger partial charge in [0.05, 0.1) is 6.54 Å². The fourth-order valence-electron chi connectivity index (χ4n) is 3.42. The highest BCUT2D eigenvalue weighted by Crippen LogP contribution is 2.28. The molecule has 4 rings (SSSR count). The average molecular weight is 403 g/mol. The van der Waals surface area contributed by atoms with Crippen LogP contribution in [-0.2, 0) is 13.2 Å². The van der Waals surface area contributed by atoms with Gasteiger partial charge < -0.3 is 9.26 Å². The lowest BCUT2D eigenvalue weighted by Crippen LogP contribution is -2.17. The Morgan fingerprint density at radius 2 is 1.77 bits per heavy atom. The van der Waals surface area contributed by atoms with Gasteiger partial charge in [-0.3, -0.25) is 0 Å². The first kappa shape index (κ1) is 19.4. The van der Waals surface area contributed by atoms with E-state index in [1.54, 1.807) is 18.3 Å². The lowest BCUT2D eigenvalue weighted by atomic mass is 9.95. The van der Waals surface area contributed by atoms with Crippen molar-refractivity contribution in [2.24, 2.45) is 0 Å². The van der Waals surface area contributed by atoms with E-state index in [0.717, 1.165) is 15.9 Å². The van der Waals surface area contributed by atoms with E-state index in [-0.39, 0.29) is 6.54 Å². The van der Waals surface area contributed by atoms with Gasteiger partial charge in [0, 0.05) is 12.3 Å². The minimum absolute atomic E-state index is 0.114. The van der Waals surface area contributed by atoms with E-state index in [1.807, 2.05) is 17.1 Å². The summed E-state index contributed by atoms with van der Waals surface area (Å²) < 4.78 is 11.5. The first-order chi connectivity index (χ1) is 14.5. The second-order valence-corrected chi connectivity index (χ2v) is 7.11. The summed E-state index contributed by atoms with van der Waals surface area (Å²) in [6.07, 6.45) is 1.59. The van der Waals surface area contributed by atoms with Crippen molar-refractivity contribution in [3.05, 3.63) is 104 Å². The lowest BCUT2D eigenvalue weighted by molar-refractivity contribution is 0.257. The minimum atomic E-state index is -0.781. The van der Waals surface area contributed by atoms with E-state index >= 15 is 0 Å². The van der Waals surface area contributed by atoms with Gasteiger partial charge in [-0.15, -0.1) is 4.74 Å². The summed E-state index contributed by atoms with van der Waals surface area (Å²) in [5.41, 5.74) is 6.04. The molecule has 0 saturated carbocycles. The van der Waals surface area contributed by atoms with Crippen LogP contribution in [0.1, 0.15) is 22.3 Å². The molecule has 0 atom stereocenters. The number of pyridine rings is 1. The predicted molar refractivity (Wildman–Crippen MR) is 113 cm³/mol. The number of hydrogen-bond donors (Lipinski definition) is 1. The van der Waals surface area contributed by atoms with E-state index in [9.17, 15) is 9.59 Å². The van der Waals surface area contributed by atoms with Crippen LogP contribution in [0.5, 0.6) is 5.88 Å². The smallest absolute Gasteiger partial charge is 0.440 e. The second-order valence-electron chi connectivity index (χ2n) is 7.11. The van der Waals surface area contributed by atoms with Gasteiger partial charge in [0.15, 0.2) is 0 Å². The zero-order valence-electron chi connectivity index (χ0n) is 16.7. The van der Waals surface area contributed by atoms with E-state index in [0.29, 0.717) is 18.1 Å². The molecule has 0 spiro atoms. The standard InChI is InChI=1S/C23H21N3O4/c1-15-5-3-6-16(2)21(15)19-8-4-7-17(11-19)14-29-20-10-9-18(12-24-20)13-26-22(27)25-23(28)30-26/h3-12H,13-14H2,1-2H3,(H,25,27,28). The maximum atomic E-state index is 11.5. The first-order valence-corrected chi connectivity index (χ1v) is 9.53. The molecule has 4 aromatic rings. The van der Waals surface area contributed by atoms with E-state index in [4.69, 9.17) is 9.26 Å². The van der Waals surface area contributed by atoms with Crippen LogP contribution in [-0.4, -0.2) is 14.7 Å². The molecule has 2 aromatic heterocycles. The van der Waals surface area contributed by atoms with Gasteiger partial charge in [-0.1, -0.05) is 42.5 Å². The summed E-state index contributed by atoms with van der Waals surface area (Å²) in [7, 11) is 0. The number of benzene rings is 2. The highest BCUT2D eigenvalue weighted by Gasteiger charge is 2.07. The molecule has 0 aliphatic rings. The van der Waals surface area contributed by atoms with Gasteiger partial charge in [-0.25, -0.2) is 19.6 Å². The molecule has 0 fully saturated rings. The molecule has 1 N–H and O–H groups in total. The van der Waals surface area contributed by atoms with Gasteiger partial charge >= 0.3 is 11.4 Å². The number of aromatic amines is 1. The molecule has 0 aliphatic heterocycles. The molecule has 0 saturated heterocycles. The zero-order chi connectivity index (χ0) is 21.1. The fourth-order valence-corrected chi connectivity index (χ4v) is 3.42. The maximum absolute atomic E-state index is 11.5. The normalized spacial score (nSPS) is 10.9. The maximum Gasteiger partial charge on any atom is 0.440 e. The van der Waals surface area contributed by atoms with Crippen LogP contribution in [0.25, 0.3) is 11.1 Å². The molecular formula is C23H21N3O4. The molecular weight excluding hydrogens is 382 g/mol. The van der Waals surface area contributed by atoms with E-state index < -0.39 is 11.4 Å². The first-order valence-electron chi connectivity index (χ1n) is 9.53. The molecule has 0 bridgehead atoms. The molecule has 7 nitrogen and oxygen atoms in total. The van der Waals surface area contributed by atoms with Crippen LogP contribution < -0.4 is 16.2 Å². The number of nitrogens with one attached hydrogen (secondary N) is 1. The van der Waals surface area contributed by atoms with Crippen molar-refractivity contribution >= 4 is 0 Å². The Hall–Kier alpha value is -3.87. The van der Waals surface area contributed by atoms with Gasteiger partial charge in [0.2, 0.25) is 5.88 Å². The largest absolute Gasteiger partial charge is 0.473 e. The van der Waals surface area contributed by atoms with Crippen molar-refractivity contribution in [3.63, 3.8) is 0 Å². The number of ether oxygens (including phenoxy) is 1. The molecule has 0 amide bonds. The van der Waals surface area contributed by atoms with Gasteiger partial charge in [0.1, 0.15) is 6.61 Å². The highest BCUT2D eigenvalue weighted by atomic mass is 16.5. The van der Waals surface area contributed by atoms with Crippen LogP contribution in [0, 0.1) is 13.8 Å². The topological polar surface area (TPSA) is 90.1 Å². The molecule has 0 radical (unpaired) electrons. The molecule has 2 heterocycles. The molecule has 7 heteroatoms. The number of H-pyrrole nitrogens is 1. The molecule has 30 heavy (non-hydrogen) atoms. The highest BCUT2D eigenvalue weighted by molar-refractivity contribution is 5.71. The van der Waals surface area contributed by atoms with Crippen molar-refractivity contribution in [2.75, 3.05) is 0 Å². The van der Waals surface area contributed by atoms with Gasteiger partial charge in [0.25, 0.3) is 0 Å². The molecule has 0 aliphatic carbocycles. The summed E-state index contributed by atoms with van der Waals surface area (Å²) in [6, 6.07) is 18.1. The van der Waals surface area contributed by atoms with E-state index in [1.165, 1.54) is 16.7 Å². The Balaban J connectivity index is 1.44. The van der Waals surface area contributed by atoms with Crippen molar-refractivity contribution in [2.45, 2.75) is 27.0 Å². The summed E-state index contributed by atoms with van der Waals surface area (Å²) in [5, 5.41) is 0. The lowest BCUT2D eigenvalue weighted by Gasteiger charge is -2.12. The molecule has 152 valence electrons. The number of nitrogens with zero attached hydrogens (tertiary/aromatic N) is 2. The number of rotatable bonds is 6. The van der Waals surface area contributed by atoms with Crippen LogP contribution in [0.15, 0.2) is 74.9 Å². The van der Waals surface area contributed by atoms with Crippen LogP contribution in [0.4, 0.5) is 0 Å². The van der Waals surface area contributed by atoms with Crippen LogP contribution in [0.2, 0.25) is 0 Å². The van der Waals surface area contributed by atoms with Crippen LogP contribution >= 0.6 is 0 Å². The van der Waals surface area contributed by atoms with Crippen molar-refractivity contribution in [1.82, 2.24) is 14.7 Å². The Bertz CT molecular complexity index is 1260. The quantitative estimate of drug-likeness (QED) is 0.533. The minimum Gasteiger partial charge on any atom is -0.473 e. The molecule has 2 aromatic carbocycles. The van der Waals surface area contributed by atoms with Crippen molar-refractivity contribution in [3.8, 4) is 17.0 Å². The predicted octanol–water partition coefficient (Wildman–Crippen LogP) is 3.44. The van der Waals surface area contributed by atoms with Crippen LogP contribution in [0.3, 0.4) is 0 Å². The summed E-state index contributed by atoms with van der Waals surface area (Å²) in [4.78, 5) is 28.9. The summed E-state index contributed by atoms with van der Waals surface area (Å²) >= 11 is 0. The summed E-state index contributed by atoms with van der Waals surface area (Å²) in [5.74, 6) is -0.310. The number of hydrogen-bond acceptors (Lipinski definition) is 5. The Kier molecular flexibility index (Phi) is 5.34. The van der Waals surface area contributed by atoms with Crippen molar-refractivity contribution in [1.29, 1.82) is 0 Å².